The van der Waals surface area contributed by atoms with Crippen LogP contribution in [0, 0.1) is 0 Å². The Kier molecular flexibility index (Phi) is 7.14. The van der Waals surface area contributed by atoms with Crippen molar-refractivity contribution in [3.63, 3.8) is 0 Å². The highest BCUT2D eigenvalue weighted by Crippen LogP contribution is 2.35. The Balaban J connectivity index is 2.04. The maximum atomic E-state index is 13.0. The number of urea groups is 1. The minimum absolute atomic E-state index is 0.168. The molecule has 1 heterocycles. The van der Waals surface area contributed by atoms with Gasteiger partial charge in [-0.3, -0.25) is 14.9 Å². The van der Waals surface area contributed by atoms with Gasteiger partial charge in [0.1, 0.15) is 12.2 Å². The Morgan fingerprint density at radius 1 is 1.21 bits per heavy atom. The summed E-state index contributed by atoms with van der Waals surface area (Å²) in [6.07, 6.45) is 3.15. The standard InChI is InChI=1S/C23H19ClN2O7/c1-3-4-14-9-13(11-18(32-2)20(14)33-12-19(27)28)10-17-21(29)25-23(31)26(22(17)30)16-7-5-15(24)6-8-16/h3,5-11H,1,4,12H2,2H3,(H,27,28)(H,25,29,31)/p-1/b17-10-. The van der Waals surface area contributed by atoms with Crippen LogP contribution in [-0.4, -0.2) is 37.5 Å². The van der Waals surface area contributed by atoms with Crippen LogP contribution in [0.25, 0.3) is 6.08 Å². The molecule has 0 bridgehead atoms. The lowest BCUT2D eigenvalue weighted by atomic mass is 10.0. The first-order valence-electron chi connectivity index (χ1n) is 9.56. The molecule has 0 saturated carbocycles. The van der Waals surface area contributed by atoms with Crippen molar-refractivity contribution in [1.82, 2.24) is 5.32 Å². The van der Waals surface area contributed by atoms with E-state index in [9.17, 15) is 24.3 Å². The number of halogens is 1. The fraction of sp³-hybridized carbons (Fsp3) is 0.130. The number of nitrogens with one attached hydrogen (secondary N) is 1. The van der Waals surface area contributed by atoms with Crippen LogP contribution in [0.5, 0.6) is 11.5 Å². The maximum Gasteiger partial charge on any atom is 0.335 e. The molecule has 0 radical (unpaired) electrons. The third-order valence-electron chi connectivity index (χ3n) is 4.57. The largest absolute Gasteiger partial charge is 0.546 e. The SMILES string of the molecule is C=CCc1cc(/C=C2/C(=O)NC(=O)N(c3ccc(Cl)cc3)C2=O)cc(OC)c1OCC(=O)[O-]. The lowest BCUT2D eigenvalue weighted by molar-refractivity contribution is -0.307. The predicted molar refractivity (Wildman–Crippen MR) is 118 cm³/mol. The van der Waals surface area contributed by atoms with Gasteiger partial charge in [-0.15, -0.1) is 6.58 Å². The highest BCUT2D eigenvalue weighted by atomic mass is 35.5. The molecule has 1 aliphatic heterocycles. The van der Waals surface area contributed by atoms with Gasteiger partial charge in [0, 0.05) is 10.6 Å². The van der Waals surface area contributed by atoms with Crippen LogP contribution in [0.4, 0.5) is 10.5 Å². The number of carbonyl (C=O) groups is 4. The van der Waals surface area contributed by atoms with Gasteiger partial charge in [0.2, 0.25) is 0 Å². The Bertz CT molecular complexity index is 1170. The lowest BCUT2D eigenvalue weighted by Gasteiger charge is -2.26. The number of amides is 4. The average Bonchev–Trinajstić information content (AvgIpc) is 2.76. The summed E-state index contributed by atoms with van der Waals surface area (Å²) in [4.78, 5) is 49.4. The van der Waals surface area contributed by atoms with Gasteiger partial charge in [-0.2, -0.15) is 0 Å². The van der Waals surface area contributed by atoms with Crippen LogP contribution in [0.15, 0.2) is 54.6 Å². The van der Waals surface area contributed by atoms with Crippen molar-refractivity contribution in [2.24, 2.45) is 0 Å². The second kappa shape index (κ2) is 10.0. The number of carbonyl (C=O) groups excluding carboxylic acids is 4. The molecule has 1 fully saturated rings. The molecule has 0 unspecified atom stereocenters. The minimum atomic E-state index is -1.41. The number of ether oxygens (including phenoxy) is 2. The Morgan fingerprint density at radius 2 is 1.91 bits per heavy atom. The number of carboxylic acid groups (broad SMARTS) is 1. The van der Waals surface area contributed by atoms with Crippen molar-refractivity contribution < 1.29 is 33.8 Å². The van der Waals surface area contributed by atoms with E-state index in [1.54, 1.807) is 12.1 Å². The number of imide groups is 2. The summed E-state index contributed by atoms with van der Waals surface area (Å²) in [5, 5.41) is 13.4. The topological polar surface area (TPSA) is 125 Å². The van der Waals surface area contributed by atoms with Crippen molar-refractivity contribution in [1.29, 1.82) is 0 Å². The second-order valence-corrected chi connectivity index (χ2v) is 7.24. The molecular weight excluding hydrogens is 452 g/mol. The molecule has 1 N–H and O–H groups in total. The molecule has 170 valence electrons. The highest BCUT2D eigenvalue weighted by Gasteiger charge is 2.36. The summed E-state index contributed by atoms with van der Waals surface area (Å²) in [6.45, 7) is 2.97. The first kappa shape index (κ1) is 23.6. The van der Waals surface area contributed by atoms with E-state index in [0.717, 1.165) is 4.90 Å². The number of aliphatic carboxylic acids is 1. The first-order chi connectivity index (χ1) is 15.7. The lowest BCUT2D eigenvalue weighted by Crippen LogP contribution is -2.54. The summed E-state index contributed by atoms with van der Waals surface area (Å²) in [5.41, 5.74) is 0.830. The highest BCUT2D eigenvalue weighted by molar-refractivity contribution is 6.39. The van der Waals surface area contributed by atoms with E-state index < -0.39 is 30.4 Å². The number of anilines is 1. The van der Waals surface area contributed by atoms with Crippen LogP contribution in [0.2, 0.25) is 5.02 Å². The van der Waals surface area contributed by atoms with Crippen molar-refractivity contribution in [2.45, 2.75) is 6.42 Å². The first-order valence-corrected chi connectivity index (χ1v) is 9.94. The molecule has 2 aromatic rings. The summed E-state index contributed by atoms with van der Waals surface area (Å²) >= 11 is 5.87. The zero-order chi connectivity index (χ0) is 24.1. The Hall–Kier alpha value is -4.11. The molecule has 0 aliphatic carbocycles. The van der Waals surface area contributed by atoms with Crippen molar-refractivity contribution in [2.75, 3.05) is 18.6 Å². The Morgan fingerprint density at radius 3 is 2.52 bits per heavy atom. The molecule has 0 spiro atoms. The molecule has 4 amide bonds. The van der Waals surface area contributed by atoms with E-state index in [-0.39, 0.29) is 29.2 Å². The number of methoxy groups -OCH3 is 1. The fourth-order valence-corrected chi connectivity index (χ4v) is 3.30. The number of barbiturate groups is 1. The van der Waals surface area contributed by atoms with Crippen LogP contribution >= 0.6 is 11.6 Å². The van der Waals surface area contributed by atoms with Gasteiger partial charge in [0.15, 0.2) is 11.5 Å². The fourth-order valence-electron chi connectivity index (χ4n) is 3.17. The van der Waals surface area contributed by atoms with Gasteiger partial charge < -0.3 is 19.4 Å². The molecule has 33 heavy (non-hydrogen) atoms. The van der Waals surface area contributed by atoms with Crippen molar-refractivity contribution >= 4 is 47.2 Å². The van der Waals surface area contributed by atoms with Crippen molar-refractivity contribution in [3.05, 3.63) is 70.8 Å². The monoisotopic (exact) mass is 469 g/mol. The maximum absolute atomic E-state index is 13.0. The third-order valence-corrected chi connectivity index (χ3v) is 4.82. The molecule has 2 aromatic carbocycles. The normalized spacial score (nSPS) is 14.8. The molecule has 10 heteroatoms. The predicted octanol–water partition coefficient (Wildman–Crippen LogP) is 1.87. The van der Waals surface area contributed by atoms with E-state index in [4.69, 9.17) is 21.1 Å². The zero-order valence-electron chi connectivity index (χ0n) is 17.4. The minimum Gasteiger partial charge on any atom is -0.546 e. The van der Waals surface area contributed by atoms with Crippen LogP contribution < -0.4 is 24.8 Å². The number of benzene rings is 2. The second-order valence-electron chi connectivity index (χ2n) is 6.80. The number of hydrogen-bond donors (Lipinski definition) is 1. The molecule has 1 saturated heterocycles. The number of rotatable bonds is 8. The zero-order valence-corrected chi connectivity index (χ0v) is 18.2. The third kappa shape index (κ3) is 5.21. The van der Waals surface area contributed by atoms with E-state index in [1.807, 2.05) is 0 Å². The summed E-state index contributed by atoms with van der Waals surface area (Å²) in [6, 6.07) is 8.13. The number of nitrogens with zero attached hydrogens (tertiary/aromatic N) is 1. The molecule has 0 aromatic heterocycles. The summed E-state index contributed by atoms with van der Waals surface area (Å²) in [7, 11) is 1.36. The van der Waals surface area contributed by atoms with Crippen LogP contribution in [-0.2, 0) is 20.8 Å². The van der Waals surface area contributed by atoms with E-state index in [1.165, 1.54) is 43.5 Å². The summed E-state index contributed by atoms with van der Waals surface area (Å²) < 4.78 is 10.6. The van der Waals surface area contributed by atoms with Crippen LogP contribution in [0.1, 0.15) is 11.1 Å². The number of hydrogen-bond acceptors (Lipinski definition) is 7. The van der Waals surface area contributed by atoms with E-state index >= 15 is 0 Å². The van der Waals surface area contributed by atoms with Gasteiger partial charge in [0.25, 0.3) is 11.8 Å². The van der Waals surface area contributed by atoms with E-state index in [2.05, 4.69) is 11.9 Å². The number of carboxylic acids is 1. The van der Waals surface area contributed by atoms with E-state index in [0.29, 0.717) is 16.1 Å². The van der Waals surface area contributed by atoms with Gasteiger partial charge in [-0.25, -0.2) is 9.69 Å². The summed E-state index contributed by atoms with van der Waals surface area (Å²) in [5.74, 6) is -2.76. The van der Waals surface area contributed by atoms with Gasteiger partial charge in [0.05, 0.1) is 18.8 Å². The Labute approximate surface area is 193 Å². The van der Waals surface area contributed by atoms with Gasteiger partial charge >= 0.3 is 6.03 Å². The van der Waals surface area contributed by atoms with Crippen LogP contribution in [0.3, 0.4) is 0 Å². The van der Waals surface area contributed by atoms with Crippen molar-refractivity contribution in [3.8, 4) is 11.5 Å². The van der Waals surface area contributed by atoms with Gasteiger partial charge in [-0.05, 0) is 54.5 Å². The smallest absolute Gasteiger partial charge is 0.335 e. The molecule has 3 rings (SSSR count). The van der Waals surface area contributed by atoms with Gasteiger partial charge in [-0.1, -0.05) is 17.7 Å². The molecule has 9 nitrogen and oxygen atoms in total. The quantitative estimate of drug-likeness (QED) is 0.355. The molecular formula is C23H18ClN2O7-. The molecule has 1 aliphatic rings. The number of allylic oxidation sites excluding steroid dienone is 1. The molecule has 0 atom stereocenters. The average molecular weight is 470 g/mol.